The molecule has 0 radical (unpaired) electrons. The van der Waals surface area contributed by atoms with Crippen LogP contribution in [-0.4, -0.2) is 44.3 Å². The van der Waals surface area contributed by atoms with Crippen molar-refractivity contribution >= 4 is 27.5 Å². The van der Waals surface area contributed by atoms with Crippen molar-refractivity contribution in [3.8, 4) is 11.5 Å². The first-order chi connectivity index (χ1) is 23.3. The van der Waals surface area contributed by atoms with Gasteiger partial charge in [0.15, 0.2) is 0 Å². The summed E-state index contributed by atoms with van der Waals surface area (Å²) in [4.78, 5) is 29.8. The van der Waals surface area contributed by atoms with E-state index in [1.807, 2.05) is 98.8 Å². The van der Waals surface area contributed by atoms with E-state index in [-0.39, 0.29) is 29.5 Å². The number of hydrogen-bond acceptors (Lipinski definition) is 5. The second-order valence-electron chi connectivity index (χ2n) is 11.3. The van der Waals surface area contributed by atoms with Gasteiger partial charge in [-0.15, -0.1) is 0 Å². The number of anilines is 1. The highest BCUT2D eigenvalue weighted by molar-refractivity contribution is 7.92. The Hall–Kier alpha value is -5.41. The van der Waals surface area contributed by atoms with Gasteiger partial charge in [-0.05, 0) is 79.1 Å². The molecule has 0 aliphatic heterocycles. The van der Waals surface area contributed by atoms with Crippen molar-refractivity contribution in [2.75, 3.05) is 17.4 Å². The number of sulfonamides is 1. The van der Waals surface area contributed by atoms with Crippen molar-refractivity contribution in [1.29, 1.82) is 0 Å². The monoisotopic (exact) mass is 661 g/mol. The minimum Gasteiger partial charge on any atom is -0.457 e. The molecule has 48 heavy (non-hydrogen) atoms. The van der Waals surface area contributed by atoms with Crippen molar-refractivity contribution < 1.29 is 22.7 Å². The maximum atomic E-state index is 14.6. The average Bonchev–Trinajstić information content (AvgIpc) is 3.11. The molecule has 246 valence electrons. The van der Waals surface area contributed by atoms with Gasteiger partial charge in [0.05, 0.1) is 10.6 Å². The lowest BCUT2D eigenvalue weighted by molar-refractivity contribution is -0.140. The van der Waals surface area contributed by atoms with E-state index in [9.17, 15) is 18.0 Å². The summed E-state index contributed by atoms with van der Waals surface area (Å²) < 4.78 is 35.5. The maximum absolute atomic E-state index is 14.6. The lowest BCUT2D eigenvalue weighted by atomic mass is 10.0. The fourth-order valence-electron chi connectivity index (χ4n) is 5.37. The molecule has 0 bridgehead atoms. The molecule has 2 amide bonds. The first kappa shape index (κ1) is 33.9. The van der Waals surface area contributed by atoms with Gasteiger partial charge in [-0.1, -0.05) is 91.0 Å². The van der Waals surface area contributed by atoms with Crippen LogP contribution in [0.2, 0.25) is 0 Å². The van der Waals surface area contributed by atoms with Crippen molar-refractivity contribution in [3.63, 3.8) is 0 Å². The summed E-state index contributed by atoms with van der Waals surface area (Å²) in [7, 11) is -4.21. The second-order valence-corrected chi connectivity index (χ2v) is 13.1. The zero-order valence-electron chi connectivity index (χ0n) is 27.0. The smallest absolute Gasteiger partial charge is 0.264 e. The quantitative estimate of drug-likeness (QED) is 0.142. The molecule has 0 unspecified atom stereocenters. The van der Waals surface area contributed by atoms with Crippen LogP contribution in [0.5, 0.6) is 11.5 Å². The zero-order chi connectivity index (χ0) is 33.9. The molecule has 0 fully saturated rings. The van der Waals surface area contributed by atoms with Crippen LogP contribution in [-0.2, 0) is 32.6 Å². The molecular formula is C39H39N3O5S. The van der Waals surface area contributed by atoms with E-state index in [0.29, 0.717) is 18.0 Å². The number of benzene rings is 5. The van der Waals surface area contributed by atoms with Gasteiger partial charge in [-0.2, -0.15) is 0 Å². The molecule has 8 nitrogen and oxygen atoms in total. The predicted molar refractivity (Wildman–Crippen MR) is 188 cm³/mol. The Morgan fingerprint density at radius 3 is 1.92 bits per heavy atom. The number of hydrogen-bond donors (Lipinski definition) is 1. The highest BCUT2D eigenvalue weighted by Crippen LogP contribution is 2.29. The zero-order valence-corrected chi connectivity index (χ0v) is 27.8. The summed E-state index contributed by atoms with van der Waals surface area (Å²) in [5.74, 6) is 0.308. The molecule has 0 saturated carbocycles. The van der Waals surface area contributed by atoms with E-state index in [2.05, 4.69) is 5.32 Å². The molecule has 0 aliphatic carbocycles. The molecule has 5 aromatic carbocycles. The summed E-state index contributed by atoms with van der Waals surface area (Å²) in [5, 5.41) is 2.89. The minimum atomic E-state index is -4.21. The number of ether oxygens (including phenoxy) is 1. The Kier molecular flexibility index (Phi) is 11.3. The van der Waals surface area contributed by atoms with E-state index >= 15 is 0 Å². The van der Waals surface area contributed by atoms with Crippen molar-refractivity contribution in [1.82, 2.24) is 10.2 Å². The van der Waals surface area contributed by atoms with E-state index in [0.717, 1.165) is 21.0 Å². The Labute approximate surface area is 282 Å². The summed E-state index contributed by atoms with van der Waals surface area (Å²) in [6.45, 7) is 3.73. The highest BCUT2D eigenvalue weighted by atomic mass is 32.2. The maximum Gasteiger partial charge on any atom is 0.264 e. The van der Waals surface area contributed by atoms with Gasteiger partial charge < -0.3 is 15.0 Å². The number of carbonyl (C=O) groups excluding carboxylic acids is 2. The van der Waals surface area contributed by atoms with Crippen LogP contribution in [0, 0.1) is 6.92 Å². The number of carbonyl (C=O) groups is 2. The van der Waals surface area contributed by atoms with Crippen LogP contribution in [0.1, 0.15) is 23.6 Å². The summed E-state index contributed by atoms with van der Waals surface area (Å²) >= 11 is 0. The third-order valence-electron chi connectivity index (χ3n) is 7.94. The van der Waals surface area contributed by atoms with Gasteiger partial charge in [0.2, 0.25) is 11.8 Å². The molecule has 9 heteroatoms. The number of para-hydroxylation sites is 1. The number of aryl methyl sites for hydroxylation is 1. The highest BCUT2D eigenvalue weighted by Gasteiger charge is 2.34. The molecule has 0 heterocycles. The van der Waals surface area contributed by atoms with Gasteiger partial charge in [-0.25, -0.2) is 8.42 Å². The standard InChI is InChI=1S/C39H39N3O5S/c1-3-40-39(44)37(27-31-16-7-4-8-17-31)41(28-32-18-14-13-15-30(32)2)38(43)29-42(48(45,46)36-21-11-6-12-22-36)33-23-25-35(26-24-33)47-34-19-9-5-10-20-34/h4-26,37H,3,27-29H2,1-2H3,(H,40,44)/t37-/m1/s1. The number of amides is 2. The normalized spacial score (nSPS) is 11.7. The molecule has 0 aromatic heterocycles. The van der Waals surface area contributed by atoms with Gasteiger partial charge in [0.25, 0.3) is 10.0 Å². The van der Waals surface area contributed by atoms with Crippen LogP contribution in [0.3, 0.4) is 0 Å². The topological polar surface area (TPSA) is 96.0 Å². The number of rotatable bonds is 14. The largest absolute Gasteiger partial charge is 0.457 e. The van der Waals surface area contributed by atoms with Crippen LogP contribution in [0.25, 0.3) is 0 Å². The Balaban J connectivity index is 1.55. The summed E-state index contributed by atoms with van der Waals surface area (Å²) in [6, 6.07) is 40.0. The van der Waals surface area contributed by atoms with Crippen LogP contribution >= 0.6 is 0 Å². The van der Waals surface area contributed by atoms with E-state index in [4.69, 9.17) is 4.74 Å². The Morgan fingerprint density at radius 1 is 0.729 bits per heavy atom. The van der Waals surface area contributed by atoms with Gasteiger partial charge in [0, 0.05) is 19.5 Å². The minimum absolute atomic E-state index is 0.0393. The lowest BCUT2D eigenvalue weighted by Gasteiger charge is -2.34. The molecule has 0 spiro atoms. The first-order valence-corrected chi connectivity index (χ1v) is 17.3. The third kappa shape index (κ3) is 8.49. The SMILES string of the molecule is CCNC(=O)[C@@H](Cc1ccccc1)N(Cc1ccccc1C)C(=O)CN(c1ccc(Oc2ccccc2)cc1)S(=O)(=O)c1ccccc1. The average molecular weight is 662 g/mol. The Morgan fingerprint density at radius 2 is 1.29 bits per heavy atom. The van der Waals surface area contributed by atoms with Crippen molar-refractivity contribution in [3.05, 3.63) is 156 Å². The molecule has 1 N–H and O–H groups in total. The Bertz CT molecular complexity index is 1900. The van der Waals surface area contributed by atoms with Crippen molar-refractivity contribution in [2.45, 2.75) is 37.8 Å². The lowest BCUT2D eigenvalue weighted by Crippen LogP contribution is -2.53. The first-order valence-electron chi connectivity index (χ1n) is 15.8. The molecular weight excluding hydrogens is 623 g/mol. The fourth-order valence-corrected chi connectivity index (χ4v) is 6.81. The van der Waals surface area contributed by atoms with E-state index in [1.54, 1.807) is 42.5 Å². The van der Waals surface area contributed by atoms with Crippen LogP contribution < -0.4 is 14.4 Å². The molecule has 0 aliphatic rings. The van der Waals surface area contributed by atoms with Crippen LogP contribution in [0.4, 0.5) is 5.69 Å². The number of nitrogens with one attached hydrogen (secondary N) is 1. The second kappa shape index (κ2) is 15.9. The summed E-state index contributed by atoms with van der Waals surface area (Å²) in [5.41, 5.74) is 2.96. The predicted octanol–water partition coefficient (Wildman–Crippen LogP) is 6.76. The molecule has 0 saturated heterocycles. The molecule has 1 atom stereocenters. The van der Waals surface area contributed by atoms with Crippen molar-refractivity contribution in [2.24, 2.45) is 0 Å². The van der Waals surface area contributed by atoms with E-state index in [1.165, 1.54) is 17.0 Å². The fraction of sp³-hybridized carbons (Fsp3) is 0.179. The van der Waals surface area contributed by atoms with Gasteiger partial charge in [0.1, 0.15) is 24.1 Å². The van der Waals surface area contributed by atoms with Gasteiger partial charge in [-0.3, -0.25) is 13.9 Å². The van der Waals surface area contributed by atoms with E-state index < -0.39 is 28.5 Å². The molecule has 5 rings (SSSR count). The third-order valence-corrected chi connectivity index (χ3v) is 9.73. The number of nitrogens with zero attached hydrogens (tertiary/aromatic N) is 2. The summed E-state index contributed by atoms with van der Waals surface area (Å²) in [6.07, 6.45) is 0.251. The van der Waals surface area contributed by atoms with Gasteiger partial charge >= 0.3 is 0 Å². The molecule has 5 aromatic rings. The number of likely N-dealkylation sites (N-methyl/N-ethyl adjacent to an activating group) is 1. The van der Waals surface area contributed by atoms with Crippen LogP contribution in [0.15, 0.2) is 144 Å².